The maximum absolute atomic E-state index is 13.0. The Hall–Kier alpha value is -1.72. The molecule has 0 fully saturated rings. The Morgan fingerprint density at radius 3 is 2.37 bits per heavy atom. The van der Waals surface area contributed by atoms with Crippen LogP contribution in [0.2, 0.25) is 0 Å². The van der Waals surface area contributed by atoms with Crippen molar-refractivity contribution in [2.45, 2.75) is 29.0 Å². The van der Waals surface area contributed by atoms with E-state index in [4.69, 9.17) is 0 Å². The van der Waals surface area contributed by atoms with E-state index in [0.717, 1.165) is 31.8 Å². The highest BCUT2D eigenvalue weighted by molar-refractivity contribution is 9.11. The molecule has 0 atom stereocenters. The van der Waals surface area contributed by atoms with Crippen molar-refractivity contribution in [2.75, 3.05) is 11.3 Å². The zero-order valence-corrected chi connectivity index (χ0v) is 20.0. The monoisotopic (exact) mass is 526 g/mol. The van der Waals surface area contributed by atoms with Gasteiger partial charge in [-0.3, -0.25) is 4.72 Å². The summed E-state index contributed by atoms with van der Waals surface area (Å²) in [5.41, 5.74) is 3.22. The second-order valence-corrected chi connectivity index (χ2v) is 13.4. The molecular weight excluding hydrogens is 508 g/mol. The number of hydrogen-bond donors (Lipinski definition) is 1. The minimum Gasteiger partial charge on any atom is -0.279 e. The summed E-state index contributed by atoms with van der Waals surface area (Å²) in [6.45, 7) is 2.49. The second-order valence-electron chi connectivity index (χ2n) is 7.05. The quantitative estimate of drug-likeness (QED) is 0.535. The summed E-state index contributed by atoms with van der Waals surface area (Å²) in [7, 11) is -7.32. The third-order valence-electron chi connectivity index (χ3n) is 4.91. The third kappa shape index (κ3) is 4.33. The van der Waals surface area contributed by atoms with Crippen molar-refractivity contribution in [1.29, 1.82) is 0 Å². The fourth-order valence-electron chi connectivity index (χ4n) is 3.31. The van der Waals surface area contributed by atoms with Gasteiger partial charge < -0.3 is 0 Å². The Kier molecular flexibility index (Phi) is 5.80. The molecule has 0 aliphatic carbocycles. The van der Waals surface area contributed by atoms with E-state index in [1.807, 2.05) is 13.0 Å². The number of halogens is 1. The van der Waals surface area contributed by atoms with Crippen molar-refractivity contribution >= 4 is 53.0 Å². The van der Waals surface area contributed by atoms with Gasteiger partial charge in [0.05, 0.1) is 8.68 Å². The minimum atomic E-state index is -3.70. The van der Waals surface area contributed by atoms with E-state index >= 15 is 0 Å². The Balaban J connectivity index is 1.58. The van der Waals surface area contributed by atoms with Gasteiger partial charge in [0.15, 0.2) is 0 Å². The van der Waals surface area contributed by atoms with Crippen LogP contribution in [0.4, 0.5) is 5.69 Å². The summed E-state index contributed by atoms with van der Waals surface area (Å²) in [6.07, 6.45) is 0.575. The maximum atomic E-state index is 13.0. The molecule has 0 spiro atoms. The number of sulfonamides is 2. The predicted molar refractivity (Wildman–Crippen MR) is 122 cm³/mol. The molecule has 3 aromatic rings. The van der Waals surface area contributed by atoms with E-state index in [-0.39, 0.29) is 15.6 Å². The van der Waals surface area contributed by atoms with Gasteiger partial charge in [-0.05, 0) is 76.8 Å². The van der Waals surface area contributed by atoms with E-state index in [1.54, 1.807) is 42.5 Å². The predicted octanol–water partition coefficient (Wildman–Crippen LogP) is 4.37. The standard InChI is InChI=1S/C20H19BrN2O4S3/c1-14-2-6-18(7-3-14)30(26,27)23-11-10-15-4-5-17(12-16(15)13-23)22-29(24,25)20-9-8-19(21)28-20/h2-9,12,22H,10-11,13H2,1H3. The lowest BCUT2D eigenvalue weighted by Crippen LogP contribution is -2.36. The molecule has 0 amide bonds. The fourth-order valence-corrected chi connectivity index (χ4v) is 7.78. The molecule has 1 aromatic heterocycles. The van der Waals surface area contributed by atoms with Crippen molar-refractivity contribution in [3.05, 3.63) is 75.1 Å². The van der Waals surface area contributed by atoms with Gasteiger partial charge >= 0.3 is 0 Å². The van der Waals surface area contributed by atoms with Crippen LogP contribution in [0.3, 0.4) is 0 Å². The number of thiophene rings is 1. The molecule has 0 bridgehead atoms. The number of nitrogens with zero attached hydrogens (tertiary/aromatic N) is 1. The number of rotatable bonds is 5. The van der Waals surface area contributed by atoms with Gasteiger partial charge in [0.1, 0.15) is 4.21 Å². The first-order valence-corrected chi connectivity index (χ1v) is 13.7. The fraction of sp³-hybridized carbons (Fsp3) is 0.200. The average molecular weight is 527 g/mol. The van der Waals surface area contributed by atoms with Crippen LogP contribution in [0, 0.1) is 6.92 Å². The number of anilines is 1. The van der Waals surface area contributed by atoms with Crippen LogP contribution in [-0.2, 0) is 33.0 Å². The average Bonchev–Trinajstić information content (AvgIpc) is 3.15. The molecule has 0 unspecified atom stereocenters. The normalized spacial score (nSPS) is 15.0. The van der Waals surface area contributed by atoms with Crippen LogP contribution in [0.1, 0.15) is 16.7 Å². The topological polar surface area (TPSA) is 83.6 Å². The van der Waals surface area contributed by atoms with E-state index in [9.17, 15) is 16.8 Å². The molecule has 6 nitrogen and oxygen atoms in total. The zero-order valence-electron chi connectivity index (χ0n) is 16.0. The summed E-state index contributed by atoms with van der Waals surface area (Å²) in [6, 6.07) is 15.3. The van der Waals surface area contributed by atoms with Gasteiger partial charge in [-0.1, -0.05) is 23.8 Å². The van der Waals surface area contributed by atoms with Crippen molar-refractivity contribution < 1.29 is 16.8 Å². The molecule has 2 aromatic carbocycles. The molecule has 158 valence electrons. The third-order valence-corrected chi connectivity index (χ3v) is 10.3. The van der Waals surface area contributed by atoms with Crippen LogP contribution in [-0.4, -0.2) is 27.7 Å². The minimum absolute atomic E-state index is 0.200. The van der Waals surface area contributed by atoms with Crippen LogP contribution < -0.4 is 4.72 Å². The van der Waals surface area contributed by atoms with Crippen molar-refractivity contribution in [1.82, 2.24) is 4.31 Å². The lowest BCUT2D eigenvalue weighted by Gasteiger charge is -2.28. The molecule has 0 radical (unpaired) electrons. The van der Waals surface area contributed by atoms with Crippen molar-refractivity contribution in [2.24, 2.45) is 0 Å². The summed E-state index contributed by atoms with van der Waals surface area (Å²) in [5, 5.41) is 0. The highest BCUT2D eigenvalue weighted by Gasteiger charge is 2.28. The van der Waals surface area contributed by atoms with E-state index in [2.05, 4.69) is 20.7 Å². The molecule has 1 aliphatic rings. The van der Waals surface area contributed by atoms with E-state index in [0.29, 0.717) is 18.7 Å². The van der Waals surface area contributed by atoms with Crippen molar-refractivity contribution in [3.8, 4) is 0 Å². The molecule has 30 heavy (non-hydrogen) atoms. The number of fused-ring (bicyclic) bond motifs is 1. The molecule has 1 N–H and O–H groups in total. The van der Waals surface area contributed by atoms with Gasteiger partial charge in [0.25, 0.3) is 10.0 Å². The molecule has 0 saturated carbocycles. The Morgan fingerprint density at radius 2 is 1.70 bits per heavy atom. The maximum Gasteiger partial charge on any atom is 0.271 e. The summed E-state index contributed by atoms with van der Waals surface area (Å²) < 4.78 is 56.2. The van der Waals surface area contributed by atoms with Crippen LogP contribution >= 0.6 is 27.3 Å². The lowest BCUT2D eigenvalue weighted by atomic mass is 10.0. The van der Waals surface area contributed by atoms with Crippen LogP contribution in [0.5, 0.6) is 0 Å². The highest BCUT2D eigenvalue weighted by Crippen LogP contribution is 2.30. The Bertz CT molecular complexity index is 1300. The summed E-state index contributed by atoms with van der Waals surface area (Å²) >= 11 is 4.40. The molecule has 4 rings (SSSR count). The molecule has 0 saturated heterocycles. The van der Waals surface area contributed by atoms with Gasteiger partial charge in [-0.15, -0.1) is 11.3 Å². The van der Waals surface area contributed by atoms with Crippen LogP contribution in [0.15, 0.2) is 67.5 Å². The number of benzene rings is 2. The Morgan fingerprint density at radius 1 is 0.967 bits per heavy atom. The van der Waals surface area contributed by atoms with E-state index < -0.39 is 20.0 Å². The smallest absolute Gasteiger partial charge is 0.271 e. The van der Waals surface area contributed by atoms with Gasteiger partial charge in [-0.2, -0.15) is 4.31 Å². The molecule has 2 heterocycles. The van der Waals surface area contributed by atoms with Gasteiger partial charge in [0, 0.05) is 18.8 Å². The molecular formula is C20H19BrN2O4S3. The summed E-state index contributed by atoms with van der Waals surface area (Å²) in [4.78, 5) is 0.261. The number of hydrogen-bond acceptors (Lipinski definition) is 5. The first-order valence-electron chi connectivity index (χ1n) is 9.12. The largest absolute Gasteiger partial charge is 0.279 e. The Labute approximate surface area is 188 Å². The molecule has 1 aliphatic heterocycles. The lowest BCUT2D eigenvalue weighted by molar-refractivity contribution is 0.391. The summed E-state index contributed by atoms with van der Waals surface area (Å²) in [5.74, 6) is 0. The second kappa shape index (κ2) is 8.08. The number of nitrogens with one attached hydrogen (secondary N) is 1. The zero-order chi connectivity index (χ0) is 21.5. The number of aryl methyl sites for hydroxylation is 1. The highest BCUT2D eigenvalue weighted by atomic mass is 79.9. The van der Waals surface area contributed by atoms with Gasteiger partial charge in [0.2, 0.25) is 10.0 Å². The van der Waals surface area contributed by atoms with E-state index in [1.165, 1.54) is 10.4 Å². The molecule has 10 heteroatoms. The first kappa shape index (κ1) is 21.5. The van der Waals surface area contributed by atoms with Gasteiger partial charge in [-0.25, -0.2) is 16.8 Å². The SMILES string of the molecule is Cc1ccc(S(=O)(=O)N2CCc3ccc(NS(=O)(=O)c4ccc(Br)s4)cc3C2)cc1. The van der Waals surface area contributed by atoms with Crippen molar-refractivity contribution in [3.63, 3.8) is 0 Å². The van der Waals surface area contributed by atoms with Crippen LogP contribution in [0.25, 0.3) is 0 Å². The first-order chi connectivity index (χ1) is 14.1.